The third-order valence-electron chi connectivity index (χ3n) is 9.91. The summed E-state index contributed by atoms with van der Waals surface area (Å²) in [5.41, 5.74) is -0.163. The minimum atomic E-state index is -3.65. The molecule has 1 aromatic carbocycles. The molecule has 11 nitrogen and oxygen atoms in total. The molecule has 3 fully saturated rings. The number of hydrogen-bond donors (Lipinski definition) is 1. The SMILES string of the molecule is O=C1C[C@]2(C(=O)O)C[C@H]2/C=C\CCCCC[C@H](N2CCCS2(=O)=O)C(=O)N2C[C@H](OC(=O)N3Cc4cccc(F)c4C3)C[C@@H]12. The molecule has 2 amide bonds. The number of carboxylic acid groups (broad SMARTS) is 1. The van der Waals surface area contributed by atoms with Crippen LogP contribution >= 0.6 is 0 Å². The Morgan fingerprint density at radius 1 is 1.07 bits per heavy atom. The molecule has 0 radical (unpaired) electrons. The number of Topliss-reactive ketones (excluding diaryl/α,β-unsaturated/α-hetero) is 1. The predicted molar refractivity (Wildman–Crippen MR) is 155 cm³/mol. The van der Waals surface area contributed by atoms with Gasteiger partial charge in [-0.1, -0.05) is 37.1 Å². The van der Waals surface area contributed by atoms with Crippen LogP contribution in [0.15, 0.2) is 30.4 Å². The van der Waals surface area contributed by atoms with Gasteiger partial charge in [-0.05, 0) is 49.7 Å². The Bertz CT molecular complexity index is 1500. The van der Waals surface area contributed by atoms with Gasteiger partial charge in [0.1, 0.15) is 18.0 Å². The number of halogens is 1. The van der Waals surface area contributed by atoms with Crippen LogP contribution < -0.4 is 0 Å². The van der Waals surface area contributed by atoms with Crippen LogP contribution in [0.2, 0.25) is 0 Å². The van der Waals surface area contributed by atoms with Gasteiger partial charge in [0, 0.05) is 31.5 Å². The van der Waals surface area contributed by atoms with Crippen LogP contribution in [0.4, 0.5) is 9.18 Å². The van der Waals surface area contributed by atoms with Gasteiger partial charge in [0.2, 0.25) is 15.9 Å². The van der Waals surface area contributed by atoms with Crippen molar-refractivity contribution >= 4 is 33.8 Å². The lowest BCUT2D eigenvalue weighted by atomic mass is 9.92. The summed E-state index contributed by atoms with van der Waals surface area (Å²) in [5, 5.41) is 10.1. The van der Waals surface area contributed by atoms with E-state index in [1.165, 1.54) is 20.2 Å². The maximum atomic E-state index is 14.3. The van der Waals surface area contributed by atoms with Crippen LogP contribution in [0.25, 0.3) is 0 Å². The largest absolute Gasteiger partial charge is 0.481 e. The van der Waals surface area contributed by atoms with E-state index in [0.29, 0.717) is 36.8 Å². The average molecular weight is 632 g/mol. The Balaban J connectivity index is 1.26. The zero-order valence-corrected chi connectivity index (χ0v) is 25.3. The number of fused-ring (bicyclic) bond motifs is 3. The van der Waals surface area contributed by atoms with Gasteiger partial charge in [0.05, 0.1) is 30.3 Å². The molecule has 1 aliphatic carbocycles. The van der Waals surface area contributed by atoms with Crippen molar-refractivity contribution in [1.29, 1.82) is 0 Å². The second kappa shape index (κ2) is 11.9. The standard InChI is InChI=1S/C31H38FN3O8S/c32-24-10-6-8-20-17-33(19-23(20)24)30(40)43-22-14-26-27(36)16-31(29(38)39)15-21(31)9-4-2-1-3-5-11-25(28(37)34(26)18-22)35-12-7-13-44(35,41)42/h4,6,8-10,21-22,25-26H,1-3,5,7,11-19H2,(H,38,39)/b9-4-/t21-,22-,25+,26+,31-/m1/s1. The molecule has 1 saturated carbocycles. The van der Waals surface area contributed by atoms with Crippen molar-refractivity contribution in [1.82, 2.24) is 14.1 Å². The van der Waals surface area contributed by atoms with E-state index in [-0.39, 0.29) is 50.7 Å². The van der Waals surface area contributed by atoms with Crippen molar-refractivity contribution in [2.24, 2.45) is 11.3 Å². The first-order valence-electron chi connectivity index (χ1n) is 15.4. The van der Waals surface area contributed by atoms with E-state index in [4.69, 9.17) is 4.74 Å². The van der Waals surface area contributed by atoms with Crippen LogP contribution in [0.3, 0.4) is 0 Å². The van der Waals surface area contributed by atoms with Gasteiger partial charge in [-0.2, -0.15) is 4.31 Å². The van der Waals surface area contributed by atoms with Crippen molar-refractivity contribution in [2.75, 3.05) is 18.8 Å². The third-order valence-corrected chi connectivity index (χ3v) is 11.9. The number of rotatable bonds is 3. The van der Waals surface area contributed by atoms with Crippen LogP contribution in [-0.2, 0) is 42.2 Å². The van der Waals surface area contributed by atoms with Gasteiger partial charge in [0.25, 0.3) is 0 Å². The van der Waals surface area contributed by atoms with Crippen molar-refractivity contribution in [3.8, 4) is 0 Å². The monoisotopic (exact) mass is 631 g/mol. The number of amides is 2. The summed E-state index contributed by atoms with van der Waals surface area (Å²) < 4.78 is 47.2. The molecule has 44 heavy (non-hydrogen) atoms. The highest BCUT2D eigenvalue weighted by Gasteiger charge is 2.61. The van der Waals surface area contributed by atoms with Crippen molar-refractivity contribution < 1.29 is 41.8 Å². The van der Waals surface area contributed by atoms with Gasteiger partial charge in [-0.25, -0.2) is 17.6 Å². The van der Waals surface area contributed by atoms with Gasteiger partial charge >= 0.3 is 12.1 Å². The van der Waals surface area contributed by atoms with E-state index in [0.717, 1.165) is 19.3 Å². The van der Waals surface area contributed by atoms with E-state index in [1.54, 1.807) is 12.1 Å². The summed E-state index contributed by atoms with van der Waals surface area (Å²) in [5.74, 6) is -2.77. The fraction of sp³-hybridized carbons (Fsp3) is 0.613. The first-order chi connectivity index (χ1) is 21.0. The van der Waals surface area contributed by atoms with Crippen LogP contribution in [0.1, 0.15) is 68.9 Å². The topological polar surface area (TPSA) is 142 Å². The number of ether oxygens (including phenoxy) is 1. The van der Waals surface area contributed by atoms with E-state index in [1.807, 2.05) is 12.2 Å². The first-order valence-corrected chi connectivity index (χ1v) is 17.1. The summed E-state index contributed by atoms with van der Waals surface area (Å²) in [6, 6.07) is 2.58. The smallest absolute Gasteiger partial charge is 0.410 e. The number of allylic oxidation sites excluding steroid dienone is 2. The van der Waals surface area contributed by atoms with Crippen LogP contribution in [0, 0.1) is 17.2 Å². The lowest BCUT2D eigenvalue weighted by molar-refractivity contribution is -0.147. The fourth-order valence-electron chi connectivity index (χ4n) is 7.33. The number of carbonyl (C=O) groups is 4. The van der Waals surface area contributed by atoms with Crippen molar-refractivity contribution in [2.45, 2.75) is 89.1 Å². The summed E-state index contributed by atoms with van der Waals surface area (Å²) in [6.07, 6.45) is 5.87. The minimum Gasteiger partial charge on any atom is -0.481 e. The average Bonchev–Trinajstić information content (AvgIpc) is 3.29. The van der Waals surface area contributed by atoms with E-state index >= 15 is 0 Å². The molecule has 238 valence electrons. The molecular formula is C31H38FN3O8S. The minimum absolute atomic E-state index is 0.0266. The number of carboxylic acids is 1. The number of carbonyl (C=O) groups excluding carboxylic acids is 3. The zero-order chi connectivity index (χ0) is 31.2. The van der Waals surface area contributed by atoms with Crippen LogP contribution in [-0.4, -0.2) is 88.4 Å². The first kappa shape index (κ1) is 30.7. The molecule has 0 unspecified atom stereocenters. The lowest BCUT2D eigenvalue weighted by Gasteiger charge is -2.32. The summed E-state index contributed by atoms with van der Waals surface area (Å²) in [6.45, 7) is 0.282. The van der Waals surface area contributed by atoms with E-state index in [9.17, 15) is 37.1 Å². The number of hydrogen-bond acceptors (Lipinski definition) is 7. The number of sulfonamides is 1. The third kappa shape index (κ3) is 5.76. The maximum Gasteiger partial charge on any atom is 0.410 e. The summed E-state index contributed by atoms with van der Waals surface area (Å²) in [4.78, 5) is 56.3. The number of aliphatic carboxylic acids is 1. The van der Waals surface area contributed by atoms with Crippen LogP contribution in [0.5, 0.6) is 0 Å². The summed E-state index contributed by atoms with van der Waals surface area (Å²) in [7, 11) is -3.65. The molecule has 4 aliphatic heterocycles. The quantitative estimate of drug-likeness (QED) is 0.502. The highest BCUT2D eigenvalue weighted by atomic mass is 32.2. The van der Waals surface area contributed by atoms with Gasteiger partial charge in [-0.3, -0.25) is 19.3 Å². The number of benzene rings is 1. The molecule has 13 heteroatoms. The fourth-order valence-corrected chi connectivity index (χ4v) is 9.05. The molecule has 5 aliphatic rings. The Morgan fingerprint density at radius 3 is 2.61 bits per heavy atom. The highest BCUT2D eigenvalue weighted by molar-refractivity contribution is 7.89. The van der Waals surface area contributed by atoms with Gasteiger partial charge < -0.3 is 14.7 Å². The second-order valence-electron chi connectivity index (χ2n) is 12.8. The number of nitrogens with zero attached hydrogens (tertiary/aromatic N) is 3. The molecule has 0 bridgehead atoms. The molecule has 1 aromatic rings. The Hall–Kier alpha value is -3.32. The normalized spacial score (nSPS) is 33.1. The molecule has 5 atom stereocenters. The molecule has 1 N–H and O–H groups in total. The zero-order valence-electron chi connectivity index (χ0n) is 24.5. The Labute approximate surface area is 256 Å². The predicted octanol–water partition coefficient (Wildman–Crippen LogP) is 3.22. The second-order valence-corrected chi connectivity index (χ2v) is 14.8. The summed E-state index contributed by atoms with van der Waals surface area (Å²) >= 11 is 0. The molecule has 2 saturated heterocycles. The molecular weight excluding hydrogens is 593 g/mol. The van der Waals surface area contributed by atoms with E-state index in [2.05, 4.69) is 0 Å². The number of ketones is 1. The van der Waals surface area contributed by atoms with E-state index < -0.39 is 63.2 Å². The highest BCUT2D eigenvalue weighted by Crippen LogP contribution is 2.57. The molecule has 4 heterocycles. The molecule has 0 spiro atoms. The van der Waals surface area contributed by atoms with Crippen molar-refractivity contribution in [3.63, 3.8) is 0 Å². The van der Waals surface area contributed by atoms with Gasteiger partial charge in [-0.15, -0.1) is 0 Å². The lowest BCUT2D eigenvalue weighted by Crippen LogP contribution is -2.52. The maximum absolute atomic E-state index is 14.3. The van der Waals surface area contributed by atoms with Gasteiger partial charge in [0.15, 0.2) is 5.78 Å². The molecule has 6 rings (SSSR count). The Morgan fingerprint density at radius 2 is 1.89 bits per heavy atom. The molecule has 0 aromatic heterocycles. The Kier molecular flexibility index (Phi) is 8.29. The van der Waals surface area contributed by atoms with Crippen molar-refractivity contribution in [3.05, 3.63) is 47.3 Å².